The molecule has 0 amide bonds. The van der Waals surface area contributed by atoms with Crippen molar-refractivity contribution < 1.29 is 4.42 Å². The first-order valence-electron chi connectivity index (χ1n) is 10.9. The van der Waals surface area contributed by atoms with Crippen LogP contribution in [-0.4, -0.2) is 34.5 Å². The highest BCUT2D eigenvalue weighted by Crippen LogP contribution is 2.43. The number of benzene rings is 1. The van der Waals surface area contributed by atoms with E-state index in [0.29, 0.717) is 11.8 Å². The van der Waals surface area contributed by atoms with Gasteiger partial charge in [0.1, 0.15) is 5.52 Å². The van der Waals surface area contributed by atoms with Crippen LogP contribution in [-0.2, 0) is 0 Å². The van der Waals surface area contributed by atoms with E-state index in [1.54, 1.807) is 0 Å². The van der Waals surface area contributed by atoms with Gasteiger partial charge < -0.3 is 14.3 Å². The summed E-state index contributed by atoms with van der Waals surface area (Å²) in [4.78, 5) is 11.2. The van der Waals surface area contributed by atoms with Gasteiger partial charge in [-0.25, -0.2) is 4.98 Å². The number of nitrogens with one attached hydrogen (secondary N) is 1. The van der Waals surface area contributed by atoms with Crippen LogP contribution in [0.4, 0.5) is 0 Å². The molecule has 0 spiro atoms. The summed E-state index contributed by atoms with van der Waals surface area (Å²) in [6, 6.07) is 4.27. The summed E-state index contributed by atoms with van der Waals surface area (Å²) in [6.45, 7) is 8.26. The predicted molar refractivity (Wildman–Crippen MR) is 118 cm³/mol. The van der Waals surface area contributed by atoms with Gasteiger partial charge in [0.15, 0.2) is 11.5 Å². The van der Waals surface area contributed by atoms with E-state index in [9.17, 15) is 0 Å². The number of unbranched alkanes of at least 4 members (excludes halogenated alkanes) is 1. The molecule has 0 saturated carbocycles. The molecule has 1 aromatic carbocycles. The van der Waals surface area contributed by atoms with Gasteiger partial charge in [0.2, 0.25) is 0 Å². The van der Waals surface area contributed by atoms with Gasteiger partial charge in [-0.1, -0.05) is 26.7 Å². The van der Waals surface area contributed by atoms with Crippen molar-refractivity contribution in [1.29, 1.82) is 0 Å². The Morgan fingerprint density at radius 2 is 2.07 bits per heavy atom. The van der Waals surface area contributed by atoms with E-state index in [2.05, 4.69) is 42.1 Å². The average Bonchev–Trinajstić information content (AvgIpc) is 3.33. The fourth-order valence-corrected chi connectivity index (χ4v) is 5.39. The molecule has 2 unspecified atom stereocenters. The van der Waals surface area contributed by atoms with Crippen LogP contribution in [0, 0.1) is 5.92 Å². The quantitative estimate of drug-likeness (QED) is 0.532. The zero-order chi connectivity index (χ0) is 18.4. The standard InChI is InChI=1S/C23H31N3O.ClH/c1-3-5-6-15(4-2)23-25-22-20(27-23)8-7-19-21(22)17(13-24-19)18-14-26-11-9-16(18)10-12-26;/h7-8,13,15-16,18,24H,3-6,9-12,14H2,1-2H3;1H. The maximum atomic E-state index is 6.26. The van der Waals surface area contributed by atoms with Crippen molar-refractivity contribution in [2.75, 3.05) is 19.6 Å². The van der Waals surface area contributed by atoms with Crippen molar-refractivity contribution in [2.24, 2.45) is 5.92 Å². The van der Waals surface area contributed by atoms with Gasteiger partial charge >= 0.3 is 0 Å². The first kappa shape index (κ1) is 19.8. The fraction of sp³-hybridized carbons (Fsp3) is 0.609. The monoisotopic (exact) mass is 401 g/mol. The normalized spacial score (nSPS) is 25.3. The SMILES string of the molecule is CCCCC(CC)c1nc2c(ccc3[nH]cc(C4CN5CCC4CC5)c32)o1.Cl. The molecule has 2 aromatic heterocycles. The minimum absolute atomic E-state index is 0. The number of rotatable bonds is 6. The van der Waals surface area contributed by atoms with Crippen LogP contribution < -0.4 is 0 Å². The zero-order valence-electron chi connectivity index (χ0n) is 17.0. The second kappa shape index (κ2) is 8.08. The molecule has 5 heteroatoms. The van der Waals surface area contributed by atoms with E-state index < -0.39 is 0 Å². The van der Waals surface area contributed by atoms with E-state index in [-0.39, 0.29) is 12.4 Å². The van der Waals surface area contributed by atoms with Crippen molar-refractivity contribution in [2.45, 2.75) is 64.2 Å². The van der Waals surface area contributed by atoms with Crippen molar-refractivity contribution in [3.63, 3.8) is 0 Å². The van der Waals surface area contributed by atoms with Crippen molar-refractivity contribution in [1.82, 2.24) is 14.9 Å². The molecule has 3 aliphatic heterocycles. The Bertz CT molecular complexity index is 938. The molecule has 28 heavy (non-hydrogen) atoms. The van der Waals surface area contributed by atoms with Crippen LogP contribution in [0.15, 0.2) is 22.7 Å². The van der Waals surface area contributed by atoms with E-state index in [1.165, 1.54) is 68.2 Å². The van der Waals surface area contributed by atoms with Crippen LogP contribution in [0.5, 0.6) is 0 Å². The number of hydrogen-bond acceptors (Lipinski definition) is 3. The van der Waals surface area contributed by atoms with E-state index >= 15 is 0 Å². The summed E-state index contributed by atoms with van der Waals surface area (Å²) >= 11 is 0. The van der Waals surface area contributed by atoms with Crippen LogP contribution in [0.25, 0.3) is 22.0 Å². The largest absolute Gasteiger partial charge is 0.440 e. The molecule has 3 aliphatic rings. The number of aromatic amines is 1. The molecule has 3 aromatic rings. The lowest BCUT2D eigenvalue weighted by Gasteiger charge is -2.44. The maximum Gasteiger partial charge on any atom is 0.198 e. The van der Waals surface area contributed by atoms with Gasteiger partial charge in [-0.3, -0.25) is 0 Å². The number of fused-ring (bicyclic) bond motifs is 6. The maximum absolute atomic E-state index is 6.26. The average molecular weight is 402 g/mol. The number of oxazole rings is 1. The second-order valence-corrected chi connectivity index (χ2v) is 8.62. The first-order valence-corrected chi connectivity index (χ1v) is 10.9. The summed E-state index contributed by atoms with van der Waals surface area (Å²) in [5.41, 5.74) is 4.70. The lowest BCUT2D eigenvalue weighted by molar-refractivity contribution is 0.0877. The molecule has 0 radical (unpaired) electrons. The third kappa shape index (κ3) is 3.25. The molecule has 6 rings (SSSR count). The Hall–Kier alpha value is -1.52. The first-order chi connectivity index (χ1) is 13.3. The van der Waals surface area contributed by atoms with Gasteiger partial charge in [-0.2, -0.15) is 0 Å². The molecule has 2 bridgehead atoms. The van der Waals surface area contributed by atoms with Crippen LogP contribution in [0.1, 0.15) is 75.7 Å². The number of halogens is 1. The smallest absolute Gasteiger partial charge is 0.198 e. The molecule has 3 saturated heterocycles. The van der Waals surface area contributed by atoms with E-state index in [1.807, 2.05) is 0 Å². The van der Waals surface area contributed by atoms with Crippen molar-refractivity contribution in [3.05, 3.63) is 29.8 Å². The molecule has 3 fully saturated rings. The van der Waals surface area contributed by atoms with E-state index in [0.717, 1.165) is 29.3 Å². The second-order valence-electron chi connectivity index (χ2n) is 8.62. The Balaban J connectivity index is 0.00000192. The fourth-order valence-electron chi connectivity index (χ4n) is 5.39. The summed E-state index contributed by atoms with van der Waals surface area (Å²) in [5.74, 6) is 2.83. The molecule has 4 nitrogen and oxygen atoms in total. The van der Waals surface area contributed by atoms with Gasteiger partial charge in [0.25, 0.3) is 0 Å². The third-order valence-electron chi connectivity index (χ3n) is 7.05. The molecular formula is C23H32ClN3O. The van der Waals surface area contributed by atoms with Crippen molar-refractivity contribution >= 4 is 34.4 Å². The number of H-pyrrole nitrogens is 1. The lowest BCUT2D eigenvalue weighted by Crippen LogP contribution is -2.46. The summed E-state index contributed by atoms with van der Waals surface area (Å²) in [5, 5.41) is 1.31. The lowest BCUT2D eigenvalue weighted by atomic mass is 9.75. The van der Waals surface area contributed by atoms with Crippen LogP contribution >= 0.6 is 12.4 Å². The topological polar surface area (TPSA) is 45.1 Å². The molecule has 0 aliphatic carbocycles. The Labute approximate surface area is 173 Å². The van der Waals surface area contributed by atoms with Gasteiger partial charge in [-0.15, -0.1) is 12.4 Å². The van der Waals surface area contributed by atoms with Gasteiger partial charge in [0, 0.05) is 35.5 Å². The zero-order valence-corrected chi connectivity index (χ0v) is 17.9. The summed E-state index contributed by atoms with van der Waals surface area (Å²) < 4.78 is 6.26. The van der Waals surface area contributed by atoms with E-state index in [4.69, 9.17) is 9.40 Å². The predicted octanol–water partition coefficient (Wildman–Crippen LogP) is 6.22. The number of aromatic nitrogens is 2. The van der Waals surface area contributed by atoms with Crippen LogP contribution in [0.3, 0.4) is 0 Å². The van der Waals surface area contributed by atoms with Gasteiger partial charge in [-0.05, 0) is 62.4 Å². The summed E-state index contributed by atoms with van der Waals surface area (Å²) in [7, 11) is 0. The number of hydrogen-bond donors (Lipinski definition) is 1. The highest BCUT2D eigenvalue weighted by atomic mass is 35.5. The van der Waals surface area contributed by atoms with Crippen LogP contribution in [0.2, 0.25) is 0 Å². The molecule has 2 atom stereocenters. The molecule has 1 N–H and O–H groups in total. The third-order valence-corrected chi connectivity index (χ3v) is 7.05. The number of nitrogens with zero attached hydrogens (tertiary/aromatic N) is 2. The highest BCUT2D eigenvalue weighted by molar-refractivity contribution is 6.04. The molecule has 152 valence electrons. The van der Waals surface area contributed by atoms with Crippen molar-refractivity contribution in [3.8, 4) is 0 Å². The minimum atomic E-state index is 0. The highest BCUT2D eigenvalue weighted by Gasteiger charge is 2.36. The van der Waals surface area contributed by atoms with Gasteiger partial charge in [0.05, 0.1) is 0 Å². The molecule has 5 heterocycles. The number of piperidine rings is 3. The minimum Gasteiger partial charge on any atom is -0.440 e. The molecular weight excluding hydrogens is 370 g/mol. The Morgan fingerprint density at radius 3 is 2.75 bits per heavy atom. The Kier molecular flexibility index (Phi) is 5.71. The summed E-state index contributed by atoms with van der Waals surface area (Å²) in [6.07, 6.45) is 9.65. The Morgan fingerprint density at radius 1 is 1.25 bits per heavy atom.